The minimum Gasteiger partial charge on any atom is -0.295 e. The number of thiocyanates is 2. The lowest BCUT2D eigenvalue weighted by Gasteiger charge is -2.33. The van der Waals surface area contributed by atoms with Crippen LogP contribution in [0.25, 0.3) is 0 Å². The van der Waals surface area contributed by atoms with Gasteiger partial charge in [-0.3, -0.25) is 19.6 Å². The van der Waals surface area contributed by atoms with Gasteiger partial charge >= 0.3 is 0 Å². The van der Waals surface area contributed by atoms with E-state index in [1.165, 1.54) is 0 Å². The van der Waals surface area contributed by atoms with Gasteiger partial charge in [-0.2, -0.15) is 10.5 Å². The number of ketones is 2. The number of thioether (sulfide) groups is 2. The van der Waals surface area contributed by atoms with Crippen LogP contribution in [-0.4, -0.2) is 27.6 Å². The largest absolute Gasteiger partial charge is 0.295 e. The van der Waals surface area contributed by atoms with Crippen LogP contribution in [-0.2, 0) is 15.0 Å². The number of nitrogens with zero attached hydrogens (tertiary/aromatic N) is 4. The number of carbonyl (C=O) groups is 2. The molecule has 28 heavy (non-hydrogen) atoms. The van der Waals surface area contributed by atoms with E-state index < -0.39 is 22.5 Å². The summed E-state index contributed by atoms with van der Waals surface area (Å²) in [6.07, 6.45) is 1.59. The van der Waals surface area contributed by atoms with E-state index in [4.69, 9.17) is 5.26 Å². The maximum absolute atomic E-state index is 13.3. The number of aromatic nitrogens is 1. The van der Waals surface area contributed by atoms with Crippen LogP contribution in [0.5, 0.6) is 0 Å². The average Bonchev–Trinajstić information content (AvgIpc) is 2.56. The Morgan fingerprint density at radius 1 is 1.07 bits per heavy atom. The lowest BCUT2D eigenvalue weighted by Crippen LogP contribution is -2.47. The zero-order valence-corrected chi connectivity index (χ0v) is 18.4. The molecule has 1 aromatic rings. The van der Waals surface area contributed by atoms with E-state index in [0.29, 0.717) is 10.6 Å². The summed E-state index contributed by atoms with van der Waals surface area (Å²) < 4.78 is 0. The van der Waals surface area contributed by atoms with Crippen molar-refractivity contribution < 1.29 is 9.59 Å². The highest BCUT2D eigenvalue weighted by Crippen LogP contribution is 2.39. The maximum atomic E-state index is 13.3. The fourth-order valence-electron chi connectivity index (χ4n) is 3.14. The SMILES string of the molecule is CC(C)(C)c1ccnc(C2=NC(SC#N)C(=O)C(C(C)(C)C)C2=O)c1SC#N. The second-order valence-corrected chi connectivity index (χ2v) is 10.2. The van der Waals surface area contributed by atoms with Crippen LogP contribution < -0.4 is 0 Å². The molecule has 2 heterocycles. The van der Waals surface area contributed by atoms with Gasteiger partial charge in [0.25, 0.3) is 0 Å². The molecule has 6 nitrogen and oxygen atoms in total. The van der Waals surface area contributed by atoms with E-state index in [0.717, 1.165) is 29.1 Å². The van der Waals surface area contributed by atoms with Crippen molar-refractivity contribution in [2.24, 2.45) is 16.3 Å². The second kappa shape index (κ2) is 8.06. The Balaban J connectivity index is 2.77. The summed E-state index contributed by atoms with van der Waals surface area (Å²) in [5.74, 6) is -1.70. The Hall–Kier alpha value is -2.16. The molecule has 1 aliphatic heterocycles. The molecule has 0 N–H and O–H groups in total. The number of pyridine rings is 1. The van der Waals surface area contributed by atoms with E-state index in [9.17, 15) is 14.9 Å². The fourth-order valence-corrected chi connectivity index (χ4v) is 4.47. The van der Waals surface area contributed by atoms with Crippen molar-refractivity contribution in [3.8, 4) is 10.8 Å². The van der Waals surface area contributed by atoms with E-state index >= 15 is 0 Å². The topological polar surface area (TPSA) is 107 Å². The summed E-state index contributed by atoms with van der Waals surface area (Å²) in [6, 6.07) is 1.82. The molecule has 0 fully saturated rings. The maximum Gasteiger partial charge on any atom is 0.194 e. The summed E-state index contributed by atoms with van der Waals surface area (Å²) in [6.45, 7) is 11.5. The van der Waals surface area contributed by atoms with Gasteiger partial charge in [0, 0.05) is 6.20 Å². The highest BCUT2D eigenvalue weighted by atomic mass is 32.2. The molecule has 8 heteroatoms. The molecule has 0 radical (unpaired) electrons. The Morgan fingerprint density at radius 3 is 2.21 bits per heavy atom. The van der Waals surface area contributed by atoms with E-state index in [2.05, 4.69) is 15.4 Å². The number of rotatable bonds is 3. The molecule has 2 rings (SSSR count). The van der Waals surface area contributed by atoms with Gasteiger partial charge in [-0.15, -0.1) is 0 Å². The Kier molecular flexibility index (Phi) is 6.37. The molecule has 2 atom stereocenters. The first kappa shape index (κ1) is 22.1. The Bertz CT molecular complexity index is 927. The van der Waals surface area contributed by atoms with Gasteiger partial charge in [0.05, 0.1) is 10.8 Å². The van der Waals surface area contributed by atoms with E-state index in [1.54, 1.807) is 6.20 Å². The summed E-state index contributed by atoms with van der Waals surface area (Å²) in [5, 5.41) is 21.4. The summed E-state index contributed by atoms with van der Waals surface area (Å²) in [7, 11) is 0. The van der Waals surface area contributed by atoms with Crippen molar-refractivity contribution in [1.29, 1.82) is 10.5 Å². The molecular formula is C20H22N4O2S2. The Labute approximate surface area is 173 Å². The van der Waals surface area contributed by atoms with Gasteiger partial charge in [-0.1, -0.05) is 41.5 Å². The van der Waals surface area contributed by atoms with Crippen LogP contribution in [0.1, 0.15) is 52.8 Å². The van der Waals surface area contributed by atoms with E-state index in [-0.39, 0.29) is 16.9 Å². The van der Waals surface area contributed by atoms with Gasteiger partial charge in [0.15, 0.2) is 16.9 Å². The zero-order valence-electron chi connectivity index (χ0n) is 16.7. The number of hydrogen-bond donors (Lipinski definition) is 0. The summed E-state index contributed by atoms with van der Waals surface area (Å²) in [5.41, 5.74) is 0.321. The summed E-state index contributed by atoms with van der Waals surface area (Å²) >= 11 is 1.65. The standard InChI is InChI=1S/C20H22N4O2S2/c1-19(2,3)11-7-8-23-14(17(11)27-9-21)13-15(25)12(20(4,5)6)16(26)18(24-13)28-10-22/h7-8,12,18H,1-6H3. The molecule has 0 saturated heterocycles. The summed E-state index contributed by atoms with van der Waals surface area (Å²) in [4.78, 5) is 35.3. The predicted octanol–water partition coefficient (Wildman–Crippen LogP) is 4.10. The first-order valence-electron chi connectivity index (χ1n) is 8.69. The van der Waals surface area contributed by atoms with Crippen LogP contribution in [0.4, 0.5) is 0 Å². The van der Waals surface area contributed by atoms with Gasteiger partial charge in [0.1, 0.15) is 22.2 Å². The van der Waals surface area contributed by atoms with Crippen LogP contribution in [0.15, 0.2) is 22.2 Å². The number of aliphatic imine (C=N–C) groups is 1. The van der Waals surface area contributed by atoms with E-state index in [1.807, 2.05) is 53.0 Å². The third kappa shape index (κ3) is 4.29. The average molecular weight is 415 g/mol. The Morgan fingerprint density at radius 2 is 1.71 bits per heavy atom. The van der Waals surface area contributed by atoms with Crippen molar-refractivity contribution in [2.45, 2.75) is 57.2 Å². The lowest BCUT2D eigenvalue weighted by molar-refractivity contribution is -0.134. The molecule has 0 spiro atoms. The van der Waals surface area contributed by atoms with Gasteiger partial charge in [0.2, 0.25) is 0 Å². The molecule has 146 valence electrons. The molecule has 1 aliphatic rings. The second-order valence-electron chi connectivity index (χ2n) is 8.58. The molecule has 0 aliphatic carbocycles. The van der Waals surface area contributed by atoms with Crippen LogP contribution >= 0.6 is 23.5 Å². The van der Waals surface area contributed by atoms with Gasteiger partial charge < -0.3 is 0 Å². The normalized spacial score (nSPS) is 20.4. The highest BCUT2D eigenvalue weighted by Gasteiger charge is 2.47. The smallest absolute Gasteiger partial charge is 0.194 e. The number of carbonyl (C=O) groups excluding carboxylic acids is 2. The first-order chi connectivity index (χ1) is 12.9. The molecule has 0 bridgehead atoms. The minimum absolute atomic E-state index is 0.0659. The third-order valence-corrected chi connectivity index (χ3v) is 5.76. The molecular weight excluding hydrogens is 392 g/mol. The van der Waals surface area contributed by atoms with Crippen LogP contribution in [0.3, 0.4) is 0 Å². The first-order valence-corrected chi connectivity index (χ1v) is 10.4. The third-order valence-electron chi connectivity index (χ3n) is 4.38. The van der Waals surface area contributed by atoms with Crippen LogP contribution in [0, 0.1) is 32.7 Å². The lowest BCUT2D eigenvalue weighted by atomic mass is 9.72. The molecule has 0 amide bonds. The molecule has 0 saturated carbocycles. The number of Topliss-reactive ketones (excluding diaryl/α,β-unsaturated/α-hetero) is 2. The predicted molar refractivity (Wildman–Crippen MR) is 111 cm³/mol. The quantitative estimate of drug-likeness (QED) is 0.416. The van der Waals surface area contributed by atoms with Crippen molar-refractivity contribution in [1.82, 2.24) is 4.98 Å². The molecule has 2 unspecified atom stereocenters. The van der Waals surface area contributed by atoms with Crippen LogP contribution in [0.2, 0.25) is 0 Å². The molecule has 0 aromatic carbocycles. The van der Waals surface area contributed by atoms with Gasteiger partial charge in [-0.05, 0) is 46.0 Å². The highest BCUT2D eigenvalue weighted by molar-refractivity contribution is 8.05. The zero-order chi connectivity index (χ0) is 21.3. The monoisotopic (exact) mass is 414 g/mol. The van der Waals surface area contributed by atoms with Crippen molar-refractivity contribution in [3.63, 3.8) is 0 Å². The molecule has 1 aromatic heterocycles. The van der Waals surface area contributed by atoms with Crippen molar-refractivity contribution in [2.75, 3.05) is 0 Å². The van der Waals surface area contributed by atoms with Gasteiger partial charge in [-0.25, -0.2) is 0 Å². The van der Waals surface area contributed by atoms with Crippen molar-refractivity contribution in [3.05, 3.63) is 23.5 Å². The van der Waals surface area contributed by atoms with Crippen molar-refractivity contribution >= 4 is 40.8 Å². The minimum atomic E-state index is -0.984. The number of nitriles is 2. The fraction of sp³-hybridized carbons (Fsp3) is 0.500. The number of hydrogen-bond acceptors (Lipinski definition) is 8.